The van der Waals surface area contributed by atoms with Gasteiger partial charge in [-0.2, -0.15) is 0 Å². The van der Waals surface area contributed by atoms with E-state index in [0.717, 1.165) is 24.8 Å². The van der Waals surface area contributed by atoms with Crippen LogP contribution in [0.2, 0.25) is 0 Å². The maximum absolute atomic E-state index is 13.8. The molecule has 0 radical (unpaired) electrons. The van der Waals surface area contributed by atoms with Gasteiger partial charge in [-0.05, 0) is 81.2 Å². The highest BCUT2D eigenvalue weighted by Crippen LogP contribution is 2.40. The number of aryl methyl sites for hydroxylation is 2. The number of likely N-dealkylation sites (tertiary alicyclic amines) is 1. The molecular weight excluding hydrogens is 539 g/mol. The molecule has 228 valence electrons. The molecule has 41 heavy (non-hydrogen) atoms. The minimum absolute atomic E-state index is 0.213. The lowest BCUT2D eigenvalue weighted by atomic mass is 9.85. The Morgan fingerprint density at radius 3 is 2.41 bits per heavy atom. The molecule has 1 saturated carbocycles. The summed E-state index contributed by atoms with van der Waals surface area (Å²) in [6.07, 6.45) is 3.67. The molecule has 1 aromatic heterocycles. The van der Waals surface area contributed by atoms with Gasteiger partial charge in [0.15, 0.2) is 5.67 Å². The number of rotatable bonds is 8. The molecule has 1 aliphatic carbocycles. The first kappa shape index (κ1) is 34.6. The standard InChI is InChI=1S/C15H23FN2O3.C15H20N2S.C2H6/c1-14(2,3)11(17-13(21)15(16)6-7-15)12(20)18-8-4-5-10(18)9-19;1-5-12-8-13(15-11(3)17-9-18-15)6-7-14(12)10(2)16-4;1-2/h9-11H,4-8H2,1-3H3,(H,17,21);6-10,16H,5H2,1-4H3;1-2H3. The molecule has 2 aliphatic rings. The summed E-state index contributed by atoms with van der Waals surface area (Å²) in [6.45, 7) is 16.4. The van der Waals surface area contributed by atoms with Crippen LogP contribution in [-0.2, 0) is 20.8 Å². The van der Waals surface area contributed by atoms with Crippen LogP contribution in [0.4, 0.5) is 4.39 Å². The Morgan fingerprint density at radius 2 is 1.93 bits per heavy atom. The summed E-state index contributed by atoms with van der Waals surface area (Å²) >= 11 is 1.72. The quantitative estimate of drug-likeness (QED) is 0.359. The van der Waals surface area contributed by atoms with Crippen LogP contribution in [0.15, 0.2) is 23.7 Å². The molecule has 3 unspecified atom stereocenters. The van der Waals surface area contributed by atoms with Crippen LogP contribution in [0.25, 0.3) is 10.4 Å². The molecule has 7 nitrogen and oxygen atoms in total. The minimum Gasteiger partial charge on any atom is -0.341 e. The fraction of sp³-hybridized carbons (Fsp3) is 0.625. The number of aldehydes is 1. The lowest BCUT2D eigenvalue weighted by Gasteiger charge is -2.35. The van der Waals surface area contributed by atoms with Crippen molar-refractivity contribution in [2.45, 2.75) is 111 Å². The van der Waals surface area contributed by atoms with Crippen LogP contribution in [0, 0.1) is 12.3 Å². The first-order valence-corrected chi connectivity index (χ1v) is 15.7. The van der Waals surface area contributed by atoms with Crippen LogP contribution in [0.5, 0.6) is 0 Å². The van der Waals surface area contributed by atoms with E-state index in [1.807, 2.05) is 47.2 Å². The number of alkyl halides is 1. The second-order valence-corrected chi connectivity index (χ2v) is 12.5. The molecule has 2 N–H and O–H groups in total. The zero-order valence-corrected chi connectivity index (χ0v) is 27.1. The van der Waals surface area contributed by atoms with Gasteiger partial charge in [-0.25, -0.2) is 9.37 Å². The van der Waals surface area contributed by atoms with Crippen molar-refractivity contribution in [2.24, 2.45) is 5.41 Å². The fourth-order valence-corrected chi connectivity index (χ4v) is 5.63. The van der Waals surface area contributed by atoms with Gasteiger partial charge in [0.25, 0.3) is 5.91 Å². The number of nitrogens with zero attached hydrogens (tertiary/aromatic N) is 2. The Labute approximate surface area is 249 Å². The molecule has 2 aromatic rings. The van der Waals surface area contributed by atoms with Gasteiger partial charge in [0.05, 0.1) is 22.1 Å². The molecule has 2 amide bonds. The molecule has 1 aliphatic heterocycles. The maximum atomic E-state index is 13.8. The van der Waals surface area contributed by atoms with Gasteiger partial charge >= 0.3 is 0 Å². The van der Waals surface area contributed by atoms with Crippen LogP contribution in [-0.4, -0.2) is 59.3 Å². The summed E-state index contributed by atoms with van der Waals surface area (Å²) in [5, 5.41) is 5.87. The van der Waals surface area contributed by atoms with Crippen LogP contribution >= 0.6 is 11.3 Å². The molecule has 1 saturated heterocycles. The number of halogens is 1. The van der Waals surface area contributed by atoms with Crippen molar-refractivity contribution in [1.82, 2.24) is 20.5 Å². The lowest BCUT2D eigenvalue weighted by Crippen LogP contribution is -2.57. The van der Waals surface area contributed by atoms with E-state index in [0.29, 0.717) is 19.0 Å². The summed E-state index contributed by atoms with van der Waals surface area (Å²) in [5.41, 5.74) is 4.79. The predicted octanol–water partition coefficient (Wildman–Crippen LogP) is 6.20. The second-order valence-electron chi connectivity index (χ2n) is 11.7. The predicted molar refractivity (Wildman–Crippen MR) is 166 cm³/mol. The lowest BCUT2D eigenvalue weighted by molar-refractivity contribution is -0.142. The zero-order chi connectivity index (χ0) is 31.0. The highest BCUT2D eigenvalue weighted by atomic mass is 32.1. The number of carbonyl (C=O) groups is 3. The molecule has 2 heterocycles. The van der Waals surface area contributed by atoms with Gasteiger partial charge in [-0.15, -0.1) is 11.3 Å². The topological polar surface area (TPSA) is 91.4 Å². The smallest absolute Gasteiger partial charge is 0.258 e. The average molecular weight is 589 g/mol. The van der Waals surface area contributed by atoms with Crippen molar-refractivity contribution in [3.8, 4) is 10.4 Å². The summed E-state index contributed by atoms with van der Waals surface area (Å²) in [4.78, 5) is 42.8. The molecular formula is C32H49FN4O3S. The minimum atomic E-state index is -1.81. The molecule has 9 heteroatoms. The number of nitrogens with one attached hydrogen (secondary N) is 2. The van der Waals surface area contributed by atoms with Gasteiger partial charge < -0.3 is 20.3 Å². The molecule has 2 fully saturated rings. The first-order chi connectivity index (χ1) is 19.4. The van der Waals surface area contributed by atoms with E-state index in [9.17, 15) is 18.8 Å². The van der Waals surface area contributed by atoms with Crippen molar-refractivity contribution < 1.29 is 18.8 Å². The van der Waals surface area contributed by atoms with Crippen molar-refractivity contribution in [3.05, 3.63) is 40.5 Å². The van der Waals surface area contributed by atoms with Gasteiger partial charge in [0.1, 0.15) is 12.3 Å². The van der Waals surface area contributed by atoms with Crippen molar-refractivity contribution in [1.29, 1.82) is 0 Å². The number of thiazole rings is 1. The molecule has 0 spiro atoms. The Kier molecular flexibility index (Phi) is 12.6. The summed E-state index contributed by atoms with van der Waals surface area (Å²) in [5.74, 6) is -1.01. The van der Waals surface area contributed by atoms with E-state index in [1.54, 1.807) is 11.3 Å². The van der Waals surface area contributed by atoms with E-state index in [1.165, 1.54) is 26.5 Å². The summed E-state index contributed by atoms with van der Waals surface area (Å²) in [6, 6.07) is 5.91. The summed E-state index contributed by atoms with van der Waals surface area (Å²) < 4.78 is 13.8. The number of carbonyl (C=O) groups excluding carboxylic acids is 3. The van der Waals surface area contributed by atoms with Gasteiger partial charge in [0.2, 0.25) is 5.91 Å². The fourth-order valence-electron chi connectivity index (χ4n) is 4.83. The number of aromatic nitrogens is 1. The average Bonchev–Trinajstić information content (AvgIpc) is 3.33. The molecule has 1 aromatic carbocycles. The zero-order valence-electron chi connectivity index (χ0n) is 26.3. The van der Waals surface area contributed by atoms with Gasteiger partial charge in [-0.1, -0.05) is 53.7 Å². The highest BCUT2D eigenvalue weighted by Gasteiger charge is 2.53. The Bertz CT molecular complexity index is 1170. The number of hydrogen-bond donors (Lipinski definition) is 2. The Morgan fingerprint density at radius 1 is 1.27 bits per heavy atom. The van der Waals surface area contributed by atoms with Gasteiger partial charge in [0, 0.05) is 12.6 Å². The van der Waals surface area contributed by atoms with Gasteiger partial charge in [-0.3, -0.25) is 9.59 Å². The van der Waals surface area contributed by atoms with Crippen LogP contribution in [0.3, 0.4) is 0 Å². The molecule has 4 rings (SSSR count). The number of hydrogen-bond acceptors (Lipinski definition) is 6. The monoisotopic (exact) mass is 588 g/mol. The normalized spacial score (nSPS) is 18.7. The van der Waals surface area contributed by atoms with E-state index < -0.39 is 29.1 Å². The highest BCUT2D eigenvalue weighted by molar-refractivity contribution is 7.13. The second kappa shape index (κ2) is 15.0. The van der Waals surface area contributed by atoms with Crippen molar-refractivity contribution in [3.63, 3.8) is 0 Å². The first-order valence-electron chi connectivity index (χ1n) is 14.8. The van der Waals surface area contributed by atoms with E-state index in [2.05, 4.69) is 54.6 Å². The van der Waals surface area contributed by atoms with Crippen molar-refractivity contribution >= 4 is 29.4 Å². The Balaban J connectivity index is 0.000000273. The van der Waals surface area contributed by atoms with E-state index in [-0.39, 0.29) is 18.7 Å². The summed E-state index contributed by atoms with van der Waals surface area (Å²) in [7, 11) is 2.01. The number of amides is 2. The van der Waals surface area contributed by atoms with E-state index >= 15 is 0 Å². The SMILES string of the molecule is CC.CC(C)(C)C(NC(=O)C1(F)CC1)C(=O)N1CCCC1C=O.CCc1cc(-c2scnc2C)ccc1C(C)NC. The third-order valence-electron chi connectivity index (χ3n) is 7.65. The van der Waals surface area contributed by atoms with E-state index in [4.69, 9.17) is 0 Å². The molecule has 0 bridgehead atoms. The third kappa shape index (κ3) is 8.67. The van der Waals surface area contributed by atoms with Crippen molar-refractivity contribution in [2.75, 3.05) is 13.6 Å². The van der Waals surface area contributed by atoms with Crippen LogP contribution in [0.1, 0.15) is 97.0 Å². The maximum Gasteiger partial charge on any atom is 0.258 e. The Hall–Kier alpha value is -2.65. The number of benzene rings is 1. The third-order valence-corrected chi connectivity index (χ3v) is 8.63. The molecule has 3 atom stereocenters. The van der Waals surface area contributed by atoms with Crippen LogP contribution < -0.4 is 10.6 Å². The largest absolute Gasteiger partial charge is 0.341 e.